The molecule has 0 aromatic heterocycles. The number of hydrogen-bond acceptors (Lipinski definition) is 3. The minimum Gasteiger partial charge on any atom is -0.491 e. The summed E-state index contributed by atoms with van der Waals surface area (Å²) < 4.78 is 11.3. The molecule has 0 spiro atoms. The maximum Gasteiger partial charge on any atom is 0.251 e. The van der Waals surface area contributed by atoms with Crippen LogP contribution in [0.5, 0.6) is 11.5 Å². The minimum absolute atomic E-state index is 0.0922. The van der Waals surface area contributed by atoms with E-state index in [4.69, 9.17) is 9.47 Å². The van der Waals surface area contributed by atoms with Crippen LogP contribution >= 0.6 is 0 Å². The van der Waals surface area contributed by atoms with Crippen LogP contribution in [0.4, 0.5) is 0 Å². The van der Waals surface area contributed by atoms with E-state index in [1.807, 2.05) is 64.1 Å². The lowest BCUT2D eigenvalue weighted by atomic mass is 10.2. The molecular weight excluding hydrogens is 302 g/mol. The van der Waals surface area contributed by atoms with Crippen molar-refractivity contribution in [2.75, 3.05) is 6.61 Å². The number of ether oxygens (including phenoxy) is 2. The highest BCUT2D eigenvalue weighted by molar-refractivity contribution is 5.94. The number of aryl methyl sites for hydroxylation is 1. The van der Waals surface area contributed by atoms with E-state index in [2.05, 4.69) is 5.32 Å². The average molecular weight is 327 g/mol. The zero-order valence-corrected chi connectivity index (χ0v) is 14.7. The van der Waals surface area contributed by atoms with Crippen molar-refractivity contribution in [3.63, 3.8) is 0 Å². The Kier molecular flexibility index (Phi) is 6.24. The lowest BCUT2D eigenvalue weighted by molar-refractivity contribution is 0.0926. The molecule has 0 saturated heterocycles. The summed E-state index contributed by atoms with van der Waals surface area (Å²) in [6, 6.07) is 14.9. The number of carbonyl (C=O) groups is 1. The highest BCUT2D eigenvalue weighted by Crippen LogP contribution is 2.14. The van der Waals surface area contributed by atoms with Gasteiger partial charge in [0.1, 0.15) is 18.1 Å². The largest absolute Gasteiger partial charge is 0.491 e. The van der Waals surface area contributed by atoms with E-state index in [-0.39, 0.29) is 18.1 Å². The monoisotopic (exact) mass is 327 g/mol. The summed E-state index contributed by atoms with van der Waals surface area (Å²) in [4.78, 5) is 12.2. The second-order valence-electron chi connectivity index (χ2n) is 6.19. The summed E-state index contributed by atoms with van der Waals surface area (Å²) in [6.45, 7) is 8.31. The minimum atomic E-state index is -0.119. The molecule has 0 heterocycles. The molecule has 4 heteroatoms. The molecule has 0 unspecified atom stereocenters. The first kappa shape index (κ1) is 17.9. The van der Waals surface area contributed by atoms with Gasteiger partial charge < -0.3 is 14.8 Å². The fraction of sp³-hybridized carbons (Fsp3) is 0.350. The second kappa shape index (κ2) is 8.39. The Morgan fingerprint density at radius 2 is 1.54 bits per heavy atom. The summed E-state index contributed by atoms with van der Waals surface area (Å²) in [5.74, 6) is 1.44. The van der Waals surface area contributed by atoms with Crippen molar-refractivity contribution in [2.24, 2.45) is 0 Å². The van der Waals surface area contributed by atoms with Crippen molar-refractivity contribution in [1.82, 2.24) is 5.32 Å². The van der Waals surface area contributed by atoms with Crippen molar-refractivity contribution in [2.45, 2.75) is 39.8 Å². The van der Waals surface area contributed by atoms with Crippen LogP contribution in [-0.2, 0) is 0 Å². The fourth-order valence-corrected chi connectivity index (χ4v) is 2.16. The van der Waals surface area contributed by atoms with Crippen LogP contribution < -0.4 is 14.8 Å². The smallest absolute Gasteiger partial charge is 0.251 e. The average Bonchev–Trinajstić information content (AvgIpc) is 2.54. The van der Waals surface area contributed by atoms with E-state index >= 15 is 0 Å². The van der Waals surface area contributed by atoms with Gasteiger partial charge in [0.15, 0.2) is 0 Å². The first-order valence-corrected chi connectivity index (χ1v) is 8.21. The van der Waals surface area contributed by atoms with E-state index in [1.165, 1.54) is 5.56 Å². The van der Waals surface area contributed by atoms with Gasteiger partial charge in [0.2, 0.25) is 0 Å². The molecule has 0 fully saturated rings. The van der Waals surface area contributed by atoms with Gasteiger partial charge in [-0.15, -0.1) is 0 Å². The molecule has 0 radical (unpaired) electrons. The van der Waals surface area contributed by atoms with Crippen molar-refractivity contribution < 1.29 is 14.3 Å². The van der Waals surface area contributed by atoms with Gasteiger partial charge in [-0.05, 0) is 64.1 Å². The molecule has 0 bridgehead atoms. The molecule has 24 heavy (non-hydrogen) atoms. The van der Waals surface area contributed by atoms with E-state index in [9.17, 15) is 4.79 Å². The Morgan fingerprint density at radius 3 is 2.12 bits per heavy atom. The van der Waals surface area contributed by atoms with Crippen molar-refractivity contribution in [3.05, 3.63) is 59.7 Å². The third kappa shape index (κ3) is 5.61. The summed E-state index contributed by atoms with van der Waals surface area (Å²) in [5.41, 5.74) is 1.79. The zero-order chi connectivity index (χ0) is 17.5. The molecule has 1 amide bonds. The van der Waals surface area contributed by atoms with Gasteiger partial charge >= 0.3 is 0 Å². The Morgan fingerprint density at radius 1 is 0.958 bits per heavy atom. The Hall–Kier alpha value is -2.49. The predicted molar refractivity (Wildman–Crippen MR) is 95.8 cm³/mol. The Labute approximate surface area is 143 Å². The van der Waals surface area contributed by atoms with E-state index in [0.29, 0.717) is 12.2 Å². The van der Waals surface area contributed by atoms with E-state index < -0.39 is 0 Å². The highest BCUT2D eigenvalue weighted by atomic mass is 16.5. The van der Waals surface area contributed by atoms with Gasteiger partial charge in [0.25, 0.3) is 5.91 Å². The molecule has 1 N–H and O–H groups in total. The molecule has 0 aliphatic rings. The molecule has 4 nitrogen and oxygen atoms in total. The molecule has 2 rings (SSSR count). The second-order valence-corrected chi connectivity index (χ2v) is 6.19. The van der Waals surface area contributed by atoms with E-state index in [1.54, 1.807) is 12.1 Å². The van der Waals surface area contributed by atoms with Crippen LogP contribution in [0.1, 0.15) is 36.7 Å². The van der Waals surface area contributed by atoms with Crippen LogP contribution in [0.3, 0.4) is 0 Å². The Bertz CT molecular complexity index is 648. The van der Waals surface area contributed by atoms with Crippen LogP contribution in [0.25, 0.3) is 0 Å². The lowest BCUT2D eigenvalue weighted by Crippen LogP contribution is -2.36. The molecule has 1 atom stereocenters. The summed E-state index contributed by atoms with van der Waals surface area (Å²) >= 11 is 0. The molecule has 128 valence electrons. The molecule has 2 aromatic carbocycles. The maximum absolute atomic E-state index is 12.2. The van der Waals surface area contributed by atoms with Gasteiger partial charge in [-0.3, -0.25) is 4.79 Å². The summed E-state index contributed by atoms with van der Waals surface area (Å²) in [5, 5.41) is 2.93. The SMILES string of the molecule is Cc1ccc(OC[C@@H](C)NC(=O)c2ccc(OC(C)C)cc2)cc1. The lowest BCUT2D eigenvalue weighted by Gasteiger charge is -2.15. The van der Waals surface area contributed by atoms with Crippen LogP contribution in [0.15, 0.2) is 48.5 Å². The third-order valence-electron chi connectivity index (χ3n) is 3.39. The molecule has 0 aliphatic carbocycles. The van der Waals surface area contributed by atoms with Crippen molar-refractivity contribution >= 4 is 5.91 Å². The zero-order valence-electron chi connectivity index (χ0n) is 14.7. The van der Waals surface area contributed by atoms with Gasteiger partial charge in [0.05, 0.1) is 12.1 Å². The first-order valence-electron chi connectivity index (χ1n) is 8.21. The van der Waals surface area contributed by atoms with Crippen molar-refractivity contribution in [1.29, 1.82) is 0 Å². The first-order chi connectivity index (χ1) is 11.4. The predicted octanol–water partition coefficient (Wildman–Crippen LogP) is 3.98. The number of benzene rings is 2. The molecule has 2 aromatic rings. The third-order valence-corrected chi connectivity index (χ3v) is 3.39. The molecule has 0 aliphatic heterocycles. The van der Waals surface area contributed by atoms with Gasteiger partial charge in [-0.2, -0.15) is 0 Å². The number of nitrogens with one attached hydrogen (secondary N) is 1. The number of amides is 1. The quantitative estimate of drug-likeness (QED) is 0.837. The van der Waals surface area contributed by atoms with Crippen LogP contribution in [0, 0.1) is 6.92 Å². The summed E-state index contributed by atoms with van der Waals surface area (Å²) in [6.07, 6.45) is 0.114. The number of hydrogen-bond donors (Lipinski definition) is 1. The highest BCUT2D eigenvalue weighted by Gasteiger charge is 2.11. The maximum atomic E-state index is 12.2. The summed E-state index contributed by atoms with van der Waals surface area (Å²) in [7, 11) is 0. The molecule has 0 saturated carbocycles. The van der Waals surface area contributed by atoms with Gasteiger partial charge in [-0.25, -0.2) is 0 Å². The normalized spacial score (nSPS) is 11.9. The standard InChI is InChI=1S/C20H25NO3/c1-14(2)24-19-11-7-17(8-12-19)20(22)21-16(4)13-23-18-9-5-15(3)6-10-18/h5-12,14,16H,13H2,1-4H3,(H,21,22)/t16-/m1/s1. The Balaban J connectivity index is 1.83. The topological polar surface area (TPSA) is 47.6 Å². The van der Waals surface area contributed by atoms with Crippen LogP contribution in [-0.4, -0.2) is 24.7 Å². The fourth-order valence-electron chi connectivity index (χ4n) is 2.16. The van der Waals surface area contributed by atoms with Gasteiger partial charge in [0, 0.05) is 5.56 Å². The number of carbonyl (C=O) groups excluding carboxylic acids is 1. The van der Waals surface area contributed by atoms with E-state index in [0.717, 1.165) is 11.5 Å². The van der Waals surface area contributed by atoms with Crippen LogP contribution in [0.2, 0.25) is 0 Å². The molecular formula is C20H25NO3. The van der Waals surface area contributed by atoms with Gasteiger partial charge in [-0.1, -0.05) is 17.7 Å². The van der Waals surface area contributed by atoms with Crippen molar-refractivity contribution in [3.8, 4) is 11.5 Å². The number of rotatable bonds is 7.